The molecule has 0 saturated carbocycles. The monoisotopic (exact) mass is 385 g/mol. The summed E-state index contributed by atoms with van der Waals surface area (Å²) in [5, 5.41) is 3.99. The Balaban J connectivity index is 0.00000288. The van der Waals surface area contributed by atoms with Gasteiger partial charge < -0.3 is 11.1 Å². The quantitative estimate of drug-likeness (QED) is 0.760. The van der Waals surface area contributed by atoms with Crippen molar-refractivity contribution in [2.24, 2.45) is 5.73 Å². The molecule has 0 aliphatic carbocycles. The summed E-state index contributed by atoms with van der Waals surface area (Å²) >= 11 is 3.32. The summed E-state index contributed by atoms with van der Waals surface area (Å²) in [6.45, 7) is 3.96. The lowest BCUT2D eigenvalue weighted by Crippen LogP contribution is -2.41. The van der Waals surface area contributed by atoms with E-state index >= 15 is 0 Å². The van der Waals surface area contributed by atoms with Gasteiger partial charge in [-0.25, -0.2) is 4.98 Å². The predicted molar refractivity (Wildman–Crippen MR) is 107 cm³/mol. The highest BCUT2D eigenvalue weighted by molar-refractivity contribution is 7.98. The van der Waals surface area contributed by atoms with Gasteiger partial charge in [0, 0.05) is 5.56 Å². The first-order valence-electron chi connectivity index (χ1n) is 7.60. The minimum Gasteiger partial charge on any atom is -0.347 e. The number of nitrogens with zero attached hydrogens (tertiary/aromatic N) is 1. The van der Waals surface area contributed by atoms with Gasteiger partial charge in [-0.05, 0) is 32.3 Å². The molecule has 0 bridgehead atoms. The summed E-state index contributed by atoms with van der Waals surface area (Å²) < 4.78 is 0. The zero-order valence-corrected chi connectivity index (χ0v) is 16.6. The summed E-state index contributed by atoms with van der Waals surface area (Å²) in [5.41, 5.74) is 7.98. The minimum atomic E-state index is -0.452. The molecule has 7 heteroatoms. The number of rotatable bonds is 7. The number of aromatic nitrogens is 1. The molecule has 1 amide bonds. The molecule has 1 unspecified atom stereocenters. The van der Waals surface area contributed by atoms with E-state index in [1.807, 2.05) is 50.4 Å². The number of benzene rings is 1. The average Bonchev–Trinajstić information content (AvgIpc) is 2.95. The first kappa shape index (κ1) is 21.0. The Labute approximate surface area is 158 Å². The molecule has 132 valence electrons. The Morgan fingerprint density at radius 2 is 2.04 bits per heavy atom. The molecule has 0 aliphatic rings. The molecule has 2 atom stereocenters. The van der Waals surface area contributed by atoms with Gasteiger partial charge in [0.2, 0.25) is 5.91 Å². The summed E-state index contributed by atoms with van der Waals surface area (Å²) in [7, 11) is 0. The highest BCUT2D eigenvalue weighted by Crippen LogP contribution is 2.31. The first-order valence-corrected chi connectivity index (χ1v) is 9.81. The molecule has 3 N–H and O–H groups in total. The fourth-order valence-electron chi connectivity index (χ4n) is 2.28. The van der Waals surface area contributed by atoms with Crippen LogP contribution in [0.2, 0.25) is 0 Å². The fraction of sp³-hybridized carbons (Fsp3) is 0.412. The van der Waals surface area contributed by atoms with Gasteiger partial charge in [0.05, 0.1) is 22.7 Å². The second kappa shape index (κ2) is 10.0. The first-order chi connectivity index (χ1) is 11.0. The highest BCUT2D eigenvalue weighted by Gasteiger charge is 2.20. The van der Waals surface area contributed by atoms with Crippen molar-refractivity contribution in [2.45, 2.75) is 32.4 Å². The molecule has 2 rings (SSSR count). The number of hydrogen-bond acceptors (Lipinski definition) is 5. The zero-order valence-electron chi connectivity index (χ0n) is 14.1. The van der Waals surface area contributed by atoms with E-state index in [1.54, 1.807) is 23.1 Å². The Morgan fingerprint density at radius 1 is 1.38 bits per heavy atom. The topological polar surface area (TPSA) is 68.0 Å². The number of amides is 1. The van der Waals surface area contributed by atoms with E-state index in [9.17, 15) is 4.79 Å². The van der Waals surface area contributed by atoms with Crippen LogP contribution in [0.4, 0.5) is 0 Å². The van der Waals surface area contributed by atoms with Crippen LogP contribution in [0.5, 0.6) is 0 Å². The molecule has 1 aromatic heterocycles. The molecule has 4 nitrogen and oxygen atoms in total. The minimum absolute atomic E-state index is 0. The van der Waals surface area contributed by atoms with Crippen LogP contribution in [-0.4, -0.2) is 28.9 Å². The van der Waals surface area contributed by atoms with Crippen LogP contribution in [0.25, 0.3) is 10.6 Å². The largest absolute Gasteiger partial charge is 0.347 e. The smallest absolute Gasteiger partial charge is 0.237 e. The van der Waals surface area contributed by atoms with Crippen LogP contribution in [0.15, 0.2) is 30.3 Å². The maximum Gasteiger partial charge on any atom is 0.237 e. The number of nitrogens with one attached hydrogen (secondary N) is 1. The van der Waals surface area contributed by atoms with Gasteiger partial charge in [-0.15, -0.1) is 23.7 Å². The zero-order chi connectivity index (χ0) is 16.8. The van der Waals surface area contributed by atoms with Gasteiger partial charge >= 0.3 is 0 Å². The molecule has 1 heterocycles. The summed E-state index contributed by atoms with van der Waals surface area (Å²) in [6, 6.07) is 9.55. The number of carbonyl (C=O) groups is 1. The maximum absolute atomic E-state index is 12.2. The normalized spacial score (nSPS) is 13.0. The fourth-order valence-corrected chi connectivity index (χ4v) is 3.84. The summed E-state index contributed by atoms with van der Waals surface area (Å²) in [4.78, 5) is 17.9. The Bertz CT molecular complexity index is 649. The van der Waals surface area contributed by atoms with Gasteiger partial charge in [-0.3, -0.25) is 4.79 Å². The lowest BCUT2D eigenvalue weighted by molar-refractivity contribution is -0.123. The van der Waals surface area contributed by atoms with Crippen LogP contribution in [-0.2, 0) is 4.79 Å². The van der Waals surface area contributed by atoms with Crippen LogP contribution >= 0.6 is 35.5 Å². The molecule has 0 spiro atoms. The van der Waals surface area contributed by atoms with E-state index in [2.05, 4.69) is 10.3 Å². The number of nitrogens with two attached hydrogens (primary N) is 1. The molecular weight excluding hydrogens is 362 g/mol. The second-order valence-electron chi connectivity index (χ2n) is 5.45. The van der Waals surface area contributed by atoms with Crippen molar-refractivity contribution in [3.05, 3.63) is 40.9 Å². The number of halogens is 1. The second-order valence-corrected chi connectivity index (χ2v) is 7.47. The number of aryl methyl sites for hydroxylation is 1. The molecule has 0 fully saturated rings. The summed E-state index contributed by atoms with van der Waals surface area (Å²) in [5.74, 6) is 0.793. The average molecular weight is 386 g/mol. The Morgan fingerprint density at radius 3 is 2.67 bits per heavy atom. The van der Waals surface area contributed by atoms with E-state index in [0.717, 1.165) is 26.9 Å². The standard InChI is InChI=1S/C17H23N3OS2.ClH/c1-11(19-16(21)14(18)9-10-22-3)15-12(2)20-17(23-15)13-7-5-4-6-8-13;/h4-8,11,14H,9-10,18H2,1-3H3,(H,19,21);1H/t11?,14-;/m0./s1. The lowest BCUT2D eigenvalue weighted by atomic mass is 10.2. The van der Waals surface area contributed by atoms with E-state index in [0.29, 0.717) is 6.42 Å². The third kappa shape index (κ3) is 5.48. The third-order valence-electron chi connectivity index (χ3n) is 3.58. The van der Waals surface area contributed by atoms with Crippen LogP contribution in [0.1, 0.15) is 30.0 Å². The summed E-state index contributed by atoms with van der Waals surface area (Å²) in [6.07, 6.45) is 2.70. The van der Waals surface area contributed by atoms with Crippen LogP contribution < -0.4 is 11.1 Å². The van der Waals surface area contributed by atoms with Crippen molar-refractivity contribution in [3.63, 3.8) is 0 Å². The molecule has 0 aliphatic heterocycles. The van der Waals surface area contributed by atoms with Crippen LogP contribution in [0, 0.1) is 6.92 Å². The number of carbonyl (C=O) groups excluding carboxylic acids is 1. The molecule has 0 radical (unpaired) electrons. The van der Waals surface area contributed by atoms with Crippen molar-refractivity contribution in [1.29, 1.82) is 0 Å². The molecule has 24 heavy (non-hydrogen) atoms. The molecular formula is C17H24ClN3OS2. The predicted octanol–water partition coefficient (Wildman–Crippen LogP) is 3.80. The third-order valence-corrected chi connectivity index (χ3v) is 5.61. The van der Waals surface area contributed by atoms with E-state index in [1.165, 1.54) is 0 Å². The van der Waals surface area contributed by atoms with Crippen molar-refractivity contribution in [3.8, 4) is 10.6 Å². The SMILES string of the molecule is CSCC[C@H](N)C(=O)NC(C)c1sc(-c2ccccc2)nc1C.Cl. The van der Waals surface area contributed by atoms with Gasteiger partial charge in [-0.2, -0.15) is 11.8 Å². The van der Waals surface area contributed by atoms with Gasteiger partial charge in [0.1, 0.15) is 5.01 Å². The molecule has 1 aromatic carbocycles. The van der Waals surface area contributed by atoms with Crippen molar-refractivity contribution < 1.29 is 4.79 Å². The highest BCUT2D eigenvalue weighted by atomic mass is 35.5. The van der Waals surface area contributed by atoms with E-state index < -0.39 is 6.04 Å². The van der Waals surface area contributed by atoms with E-state index in [-0.39, 0.29) is 24.4 Å². The molecule has 2 aromatic rings. The number of thioether (sulfide) groups is 1. The number of hydrogen-bond donors (Lipinski definition) is 2. The number of thiazole rings is 1. The van der Waals surface area contributed by atoms with Crippen molar-refractivity contribution in [2.75, 3.05) is 12.0 Å². The lowest BCUT2D eigenvalue weighted by Gasteiger charge is -2.16. The van der Waals surface area contributed by atoms with Crippen molar-refractivity contribution >= 4 is 41.4 Å². The van der Waals surface area contributed by atoms with Gasteiger partial charge in [-0.1, -0.05) is 30.3 Å². The maximum atomic E-state index is 12.2. The van der Waals surface area contributed by atoms with Gasteiger partial charge in [0.25, 0.3) is 0 Å². The van der Waals surface area contributed by atoms with Gasteiger partial charge in [0.15, 0.2) is 0 Å². The van der Waals surface area contributed by atoms with Crippen LogP contribution in [0.3, 0.4) is 0 Å². The Kier molecular flexibility index (Phi) is 8.76. The van der Waals surface area contributed by atoms with Crippen molar-refractivity contribution in [1.82, 2.24) is 10.3 Å². The van der Waals surface area contributed by atoms with E-state index in [4.69, 9.17) is 5.73 Å². The molecule has 0 saturated heterocycles. The Hall–Kier alpha value is -1.08.